The van der Waals surface area contributed by atoms with E-state index in [0.717, 1.165) is 24.2 Å². The molecule has 1 aliphatic heterocycles. The lowest BCUT2D eigenvalue weighted by atomic mass is 10.1. The molecule has 20 heavy (non-hydrogen) atoms. The van der Waals surface area contributed by atoms with Crippen LogP contribution in [0, 0.1) is 0 Å². The Hall–Kier alpha value is -2.24. The lowest BCUT2D eigenvalue weighted by Gasteiger charge is -2.20. The molecule has 0 spiro atoms. The van der Waals surface area contributed by atoms with Crippen molar-refractivity contribution in [2.75, 3.05) is 20.3 Å². The molecule has 1 aromatic heterocycles. The van der Waals surface area contributed by atoms with E-state index in [1.807, 2.05) is 12.1 Å². The van der Waals surface area contributed by atoms with Crippen molar-refractivity contribution in [2.45, 2.75) is 18.8 Å². The highest BCUT2D eigenvalue weighted by Gasteiger charge is 2.29. The Bertz CT molecular complexity index is 631. The molecule has 0 N–H and O–H groups in total. The van der Waals surface area contributed by atoms with Gasteiger partial charge in [-0.1, -0.05) is 5.16 Å². The molecule has 2 aromatic rings. The molecule has 6 nitrogen and oxygen atoms in total. The third kappa shape index (κ3) is 1.88. The van der Waals surface area contributed by atoms with E-state index < -0.39 is 0 Å². The van der Waals surface area contributed by atoms with Crippen LogP contribution in [-0.4, -0.2) is 30.5 Å². The molecular formula is C14H14N2O4. The summed E-state index contributed by atoms with van der Waals surface area (Å²) in [6.45, 7) is 1.05. The van der Waals surface area contributed by atoms with Gasteiger partial charge in [-0.25, -0.2) is 0 Å². The third-order valence-corrected chi connectivity index (χ3v) is 3.46. The summed E-state index contributed by atoms with van der Waals surface area (Å²) < 4.78 is 21.8. The number of methoxy groups -OCH3 is 1. The second-order valence-electron chi connectivity index (χ2n) is 4.93. The van der Waals surface area contributed by atoms with Crippen LogP contribution in [0.15, 0.2) is 16.7 Å². The second kappa shape index (κ2) is 4.40. The minimum absolute atomic E-state index is 0.464. The van der Waals surface area contributed by atoms with Crippen LogP contribution in [0.25, 0.3) is 11.5 Å². The summed E-state index contributed by atoms with van der Waals surface area (Å²) in [5, 5.41) is 4.02. The van der Waals surface area contributed by atoms with Gasteiger partial charge in [-0.2, -0.15) is 4.98 Å². The van der Waals surface area contributed by atoms with Crippen LogP contribution in [0.5, 0.6) is 17.2 Å². The predicted molar refractivity (Wildman–Crippen MR) is 69.3 cm³/mol. The van der Waals surface area contributed by atoms with E-state index in [-0.39, 0.29) is 0 Å². The first-order valence-electron chi connectivity index (χ1n) is 6.67. The number of fused-ring (bicyclic) bond motifs is 1. The number of aromatic nitrogens is 2. The predicted octanol–water partition coefficient (Wildman–Crippen LogP) is 2.39. The summed E-state index contributed by atoms with van der Waals surface area (Å²) in [5.74, 6) is 3.63. The van der Waals surface area contributed by atoms with Gasteiger partial charge < -0.3 is 18.7 Å². The molecule has 0 bridgehead atoms. The molecule has 0 atom stereocenters. The van der Waals surface area contributed by atoms with E-state index in [0.29, 0.717) is 42.3 Å². The Morgan fingerprint density at radius 1 is 1.20 bits per heavy atom. The van der Waals surface area contributed by atoms with Gasteiger partial charge in [0.1, 0.15) is 13.2 Å². The monoisotopic (exact) mass is 274 g/mol. The molecule has 1 fully saturated rings. The Balaban J connectivity index is 1.76. The van der Waals surface area contributed by atoms with Gasteiger partial charge in [-0.15, -0.1) is 0 Å². The molecule has 1 aliphatic carbocycles. The quantitative estimate of drug-likeness (QED) is 0.856. The van der Waals surface area contributed by atoms with Gasteiger partial charge in [0.2, 0.25) is 5.75 Å². The zero-order chi connectivity index (χ0) is 13.5. The highest BCUT2D eigenvalue weighted by molar-refractivity contribution is 5.66. The Morgan fingerprint density at radius 2 is 2.05 bits per heavy atom. The molecule has 0 radical (unpaired) electrons. The summed E-state index contributed by atoms with van der Waals surface area (Å²) in [5.41, 5.74) is 0.783. The highest BCUT2D eigenvalue weighted by atomic mass is 16.6. The van der Waals surface area contributed by atoms with Crippen LogP contribution in [0.1, 0.15) is 24.6 Å². The normalized spacial score (nSPS) is 17.1. The summed E-state index contributed by atoms with van der Waals surface area (Å²) in [4.78, 5) is 4.44. The standard InChI is InChI=1S/C14H14N2O4/c1-17-10-6-9(7-11-12(10)19-5-4-18-11)14-15-13(16-20-14)8-2-3-8/h6-8H,2-5H2,1H3. The van der Waals surface area contributed by atoms with E-state index >= 15 is 0 Å². The average molecular weight is 274 g/mol. The van der Waals surface area contributed by atoms with E-state index in [1.165, 1.54) is 0 Å². The lowest BCUT2D eigenvalue weighted by Crippen LogP contribution is -2.16. The number of ether oxygens (including phenoxy) is 3. The Morgan fingerprint density at radius 3 is 2.85 bits per heavy atom. The van der Waals surface area contributed by atoms with Crippen molar-refractivity contribution in [3.63, 3.8) is 0 Å². The zero-order valence-corrected chi connectivity index (χ0v) is 11.1. The highest BCUT2D eigenvalue weighted by Crippen LogP contribution is 2.43. The fourth-order valence-electron chi connectivity index (χ4n) is 2.26. The van der Waals surface area contributed by atoms with Crippen molar-refractivity contribution in [3.05, 3.63) is 18.0 Å². The molecule has 2 heterocycles. The summed E-state index contributed by atoms with van der Waals surface area (Å²) in [6, 6.07) is 3.68. The summed E-state index contributed by atoms with van der Waals surface area (Å²) >= 11 is 0. The van der Waals surface area contributed by atoms with Crippen molar-refractivity contribution < 1.29 is 18.7 Å². The van der Waals surface area contributed by atoms with Crippen LogP contribution < -0.4 is 14.2 Å². The Labute approximate surface area is 115 Å². The van der Waals surface area contributed by atoms with Gasteiger partial charge in [-0.05, 0) is 25.0 Å². The first-order chi connectivity index (χ1) is 9.85. The molecule has 104 valence electrons. The van der Waals surface area contributed by atoms with Gasteiger partial charge >= 0.3 is 0 Å². The maximum atomic E-state index is 5.60. The number of benzene rings is 1. The molecule has 6 heteroatoms. The molecule has 2 aliphatic rings. The van der Waals surface area contributed by atoms with Gasteiger partial charge in [0.25, 0.3) is 5.89 Å². The third-order valence-electron chi connectivity index (χ3n) is 3.46. The van der Waals surface area contributed by atoms with Crippen molar-refractivity contribution in [1.82, 2.24) is 10.1 Å². The van der Waals surface area contributed by atoms with Crippen LogP contribution in [0.2, 0.25) is 0 Å². The van der Waals surface area contributed by atoms with E-state index in [1.54, 1.807) is 7.11 Å². The molecule has 1 aromatic carbocycles. The molecule has 0 unspecified atom stereocenters. The maximum Gasteiger partial charge on any atom is 0.258 e. The smallest absolute Gasteiger partial charge is 0.258 e. The number of hydrogen-bond acceptors (Lipinski definition) is 6. The zero-order valence-electron chi connectivity index (χ0n) is 11.1. The minimum Gasteiger partial charge on any atom is -0.493 e. The largest absolute Gasteiger partial charge is 0.493 e. The minimum atomic E-state index is 0.464. The molecular weight excluding hydrogens is 260 g/mol. The molecule has 1 saturated carbocycles. The first-order valence-corrected chi connectivity index (χ1v) is 6.67. The van der Waals surface area contributed by atoms with E-state index in [2.05, 4.69) is 10.1 Å². The SMILES string of the molecule is COc1cc(-c2nc(C3CC3)no2)cc2c1OCCO2. The number of rotatable bonds is 3. The topological polar surface area (TPSA) is 66.6 Å². The van der Waals surface area contributed by atoms with Gasteiger partial charge in [0, 0.05) is 11.5 Å². The maximum absolute atomic E-state index is 5.60. The molecule has 0 saturated heterocycles. The van der Waals surface area contributed by atoms with E-state index in [9.17, 15) is 0 Å². The fourth-order valence-corrected chi connectivity index (χ4v) is 2.26. The molecule has 0 amide bonds. The van der Waals surface area contributed by atoms with Crippen LogP contribution in [-0.2, 0) is 0 Å². The van der Waals surface area contributed by atoms with Crippen LogP contribution in [0.3, 0.4) is 0 Å². The van der Waals surface area contributed by atoms with Gasteiger partial charge in [0.15, 0.2) is 17.3 Å². The lowest BCUT2D eigenvalue weighted by molar-refractivity contribution is 0.165. The van der Waals surface area contributed by atoms with E-state index in [4.69, 9.17) is 18.7 Å². The molecule has 4 rings (SSSR count). The second-order valence-corrected chi connectivity index (χ2v) is 4.93. The number of nitrogens with zero attached hydrogens (tertiary/aromatic N) is 2. The van der Waals surface area contributed by atoms with Crippen molar-refractivity contribution >= 4 is 0 Å². The van der Waals surface area contributed by atoms with Crippen molar-refractivity contribution in [3.8, 4) is 28.7 Å². The van der Waals surface area contributed by atoms with Crippen molar-refractivity contribution in [1.29, 1.82) is 0 Å². The van der Waals surface area contributed by atoms with Crippen molar-refractivity contribution in [2.24, 2.45) is 0 Å². The van der Waals surface area contributed by atoms with Gasteiger partial charge in [-0.3, -0.25) is 0 Å². The summed E-state index contributed by atoms with van der Waals surface area (Å²) in [7, 11) is 1.60. The fraction of sp³-hybridized carbons (Fsp3) is 0.429. The van der Waals surface area contributed by atoms with Crippen LogP contribution in [0.4, 0.5) is 0 Å². The summed E-state index contributed by atoms with van der Waals surface area (Å²) in [6.07, 6.45) is 2.28. The van der Waals surface area contributed by atoms with Gasteiger partial charge in [0.05, 0.1) is 7.11 Å². The van der Waals surface area contributed by atoms with Crippen LogP contribution >= 0.6 is 0 Å². The average Bonchev–Trinajstić information content (AvgIpc) is 3.23. The number of hydrogen-bond donors (Lipinski definition) is 0. The first kappa shape index (κ1) is 11.6. The Kier molecular flexibility index (Phi) is 2.55.